The summed E-state index contributed by atoms with van der Waals surface area (Å²) in [6, 6.07) is 15.9. The van der Waals surface area contributed by atoms with Gasteiger partial charge in [-0.05, 0) is 61.1 Å². The van der Waals surface area contributed by atoms with Gasteiger partial charge in [-0.15, -0.1) is 0 Å². The number of likely N-dealkylation sites (tertiary alicyclic amines) is 1. The highest BCUT2D eigenvalue weighted by Crippen LogP contribution is 2.30. The van der Waals surface area contributed by atoms with Crippen molar-refractivity contribution in [3.8, 4) is 17.5 Å². The van der Waals surface area contributed by atoms with Gasteiger partial charge in [-0.2, -0.15) is 5.26 Å². The van der Waals surface area contributed by atoms with Gasteiger partial charge in [0.05, 0.1) is 36.2 Å². The van der Waals surface area contributed by atoms with E-state index in [1.54, 1.807) is 0 Å². The van der Waals surface area contributed by atoms with E-state index in [4.69, 9.17) is 15.0 Å². The average molecular weight is 427 g/mol. The molecule has 0 spiro atoms. The molecule has 3 aromatic rings. The first-order valence-electron chi connectivity index (χ1n) is 11.2. The minimum atomic E-state index is 0.0733. The maximum Gasteiger partial charge on any atom is 0.253 e. The fourth-order valence-electron chi connectivity index (χ4n) is 4.68. The van der Waals surface area contributed by atoms with E-state index in [2.05, 4.69) is 11.1 Å². The van der Waals surface area contributed by atoms with Gasteiger partial charge in [0.25, 0.3) is 5.91 Å². The Bertz CT molecular complexity index is 1160. The van der Waals surface area contributed by atoms with Gasteiger partial charge in [0.15, 0.2) is 0 Å². The maximum absolute atomic E-state index is 13.3. The molecule has 0 saturated carbocycles. The molecule has 1 N–H and O–H groups in total. The van der Waals surface area contributed by atoms with Gasteiger partial charge in [-0.25, -0.2) is 4.98 Å². The maximum atomic E-state index is 13.3. The van der Waals surface area contributed by atoms with Gasteiger partial charge in [0.2, 0.25) is 0 Å². The Morgan fingerprint density at radius 3 is 2.69 bits per heavy atom. The van der Waals surface area contributed by atoms with E-state index >= 15 is 0 Å². The van der Waals surface area contributed by atoms with E-state index in [0.717, 1.165) is 60.7 Å². The number of nitrogens with one attached hydrogen (secondary N) is 1. The van der Waals surface area contributed by atoms with E-state index in [1.807, 2.05) is 54.3 Å². The van der Waals surface area contributed by atoms with Gasteiger partial charge in [0.1, 0.15) is 5.82 Å². The molecule has 3 heterocycles. The van der Waals surface area contributed by atoms with Crippen LogP contribution in [-0.4, -0.2) is 40.5 Å². The second-order valence-corrected chi connectivity index (χ2v) is 8.64. The number of carbonyl (C=O) groups excluding carboxylic acids is 1. The molecule has 2 aromatic carbocycles. The average Bonchev–Trinajstić information content (AvgIpc) is 3.28. The number of hydrogen-bond acceptors (Lipinski definition) is 4. The van der Waals surface area contributed by atoms with Crippen molar-refractivity contribution >= 4 is 5.91 Å². The zero-order chi connectivity index (χ0) is 22.1. The number of carbonyl (C=O) groups is 1. The van der Waals surface area contributed by atoms with Crippen LogP contribution in [0.2, 0.25) is 0 Å². The third-order valence-electron chi connectivity index (χ3n) is 6.63. The Balaban J connectivity index is 1.30. The third kappa shape index (κ3) is 3.92. The molecule has 2 aliphatic heterocycles. The largest absolute Gasteiger partial charge is 0.375 e. The topological polar surface area (TPSA) is 82.0 Å². The summed E-state index contributed by atoms with van der Waals surface area (Å²) in [6.07, 6.45) is 2.68. The van der Waals surface area contributed by atoms with Crippen molar-refractivity contribution in [3.63, 3.8) is 0 Å². The molecule has 1 amide bonds. The molecule has 162 valence electrons. The van der Waals surface area contributed by atoms with E-state index in [-0.39, 0.29) is 5.91 Å². The number of H-pyrrole nitrogens is 1. The van der Waals surface area contributed by atoms with Gasteiger partial charge < -0.3 is 14.6 Å². The normalized spacial score (nSPS) is 16.4. The molecule has 0 unspecified atom stereocenters. The summed E-state index contributed by atoms with van der Waals surface area (Å²) in [5.41, 5.74) is 6.79. The molecule has 1 aromatic heterocycles. The molecule has 1 saturated heterocycles. The molecular formula is C26H26N4O2. The number of benzene rings is 2. The highest BCUT2D eigenvalue weighted by molar-refractivity contribution is 5.95. The Labute approximate surface area is 187 Å². The summed E-state index contributed by atoms with van der Waals surface area (Å²) in [5, 5.41) is 8.99. The fraction of sp³-hybridized carbons (Fsp3) is 0.346. The van der Waals surface area contributed by atoms with Gasteiger partial charge >= 0.3 is 0 Å². The second kappa shape index (κ2) is 8.60. The molecule has 5 rings (SSSR count). The van der Waals surface area contributed by atoms with Crippen molar-refractivity contribution in [2.45, 2.75) is 38.7 Å². The van der Waals surface area contributed by atoms with Crippen LogP contribution in [0.1, 0.15) is 57.2 Å². The van der Waals surface area contributed by atoms with Crippen molar-refractivity contribution in [1.82, 2.24) is 14.9 Å². The smallest absolute Gasteiger partial charge is 0.253 e. The van der Waals surface area contributed by atoms with Crippen molar-refractivity contribution in [1.29, 1.82) is 5.26 Å². The summed E-state index contributed by atoms with van der Waals surface area (Å²) < 4.78 is 5.52. The van der Waals surface area contributed by atoms with Crippen LogP contribution in [0.3, 0.4) is 0 Å². The van der Waals surface area contributed by atoms with Gasteiger partial charge in [-0.3, -0.25) is 4.79 Å². The monoisotopic (exact) mass is 426 g/mol. The van der Waals surface area contributed by atoms with Crippen LogP contribution in [0.5, 0.6) is 0 Å². The number of imidazole rings is 1. The lowest BCUT2D eigenvalue weighted by Crippen LogP contribution is -2.37. The molecule has 1 fully saturated rings. The van der Waals surface area contributed by atoms with E-state index in [1.165, 1.54) is 5.56 Å². The molecule has 0 aliphatic carbocycles. The standard InChI is InChI=1S/C26H26N4O2/c1-17-2-5-21(14-22(17)25-28-23-10-13-32-16-24(23)29-25)26(31)30-11-8-20(9-12-30)19-6-3-18(15-27)4-7-19/h2-7,14,20H,8-13,16H2,1H3,(H,28,29). The van der Waals surface area contributed by atoms with Gasteiger partial charge in [-0.1, -0.05) is 18.2 Å². The first-order chi connectivity index (χ1) is 15.6. The number of nitrogens with zero attached hydrogens (tertiary/aromatic N) is 3. The number of amides is 1. The van der Waals surface area contributed by atoms with E-state index in [9.17, 15) is 4.79 Å². The lowest BCUT2D eigenvalue weighted by molar-refractivity contribution is 0.0713. The zero-order valence-electron chi connectivity index (χ0n) is 18.2. The van der Waals surface area contributed by atoms with Crippen LogP contribution < -0.4 is 0 Å². The first kappa shape index (κ1) is 20.5. The second-order valence-electron chi connectivity index (χ2n) is 8.64. The Morgan fingerprint density at radius 2 is 1.97 bits per heavy atom. The Kier molecular flexibility index (Phi) is 5.50. The minimum absolute atomic E-state index is 0.0733. The predicted molar refractivity (Wildman–Crippen MR) is 121 cm³/mol. The fourth-order valence-corrected chi connectivity index (χ4v) is 4.68. The highest BCUT2D eigenvalue weighted by Gasteiger charge is 2.25. The third-order valence-corrected chi connectivity index (χ3v) is 6.63. The molecule has 6 nitrogen and oxygen atoms in total. The van der Waals surface area contributed by atoms with Crippen molar-refractivity contribution in [2.75, 3.05) is 19.7 Å². The van der Waals surface area contributed by atoms with E-state index < -0.39 is 0 Å². The Morgan fingerprint density at radius 1 is 1.19 bits per heavy atom. The molecule has 0 atom stereocenters. The number of piperidine rings is 1. The summed E-state index contributed by atoms with van der Waals surface area (Å²) in [6.45, 7) is 4.78. The number of ether oxygens (including phenoxy) is 1. The molecule has 6 heteroatoms. The van der Waals surface area contributed by atoms with E-state index in [0.29, 0.717) is 30.3 Å². The number of hydrogen-bond donors (Lipinski definition) is 1. The lowest BCUT2D eigenvalue weighted by atomic mass is 9.89. The van der Waals surface area contributed by atoms with Crippen LogP contribution in [-0.2, 0) is 17.8 Å². The molecule has 0 bridgehead atoms. The van der Waals surface area contributed by atoms with Crippen molar-refractivity contribution in [2.24, 2.45) is 0 Å². The number of rotatable bonds is 3. The first-order valence-corrected chi connectivity index (χ1v) is 11.2. The van der Waals surface area contributed by atoms with Crippen LogP contribution in [0.25, 0.3) is 11.4 Å². The number of aromatic nitrogens is 2. The number of fused-ring (bicyclic) bond motifs is 1. The molecule has 32 heavy (non-hydrogen) atoms. The van der Waals surface area contributed by atoms with Crippen LogP contribution >= 0.6 is 0 Å². The summed E-state index contributed by atoms with van der Waals surface area (Å²) >= 11 is 0. The SMILES string of the molecule is Cc1ccc(C(=O)N2CCC(c3ccc(C#N)cc3)CC2)cc1-c1nc2c([nH]1)COCC2. The van der Waals surface area contributed by atoms with Crippen LogP contribution in [0, 0.1) is 18.3 Å². The summed E-state index contributed by atoms with van der Waals surface area (Å²) in [4.78, 5) is 23.4. The quantitative estimate of drug-likeness (QED) is 0.675. The highest BCUT2D eigenvalue weighted by atomic mass is 16.5. The molecule has 2 aliphatic rings. The number of aromatic amines is 1. The number of aryl methyl sites for hydroxylation is 1. The van der Waals surface area contributed by atoms with Crippen LogP contribution in [0.15, 0.2) is 42.5 Å². The van der Waals surface area contributed by atoms with Gasteiger partial charge in [0, 0.05) is 30.6 Å². The van der Waals surface area contributed by atoms with Crippen LogP contribution in [0.4, 0.5) is 0 Å². The van der Waals surface area contributed by atoms with Crippen molar-refractivity contribution in [3.05, 3.63) is 76.1 Å². The molecular weight excluding hydrogens is 400 g/mol. The van der Waals surface area contributed by atoms with Crippen molar-refractivity contribution < 1.29 is 9.53 Å². The minimum Gasteiger partial charge on any atom is -0.375 e. The predicted octanol–water partition coefficient (Wildman–Crippen LogP) is 4.35. The Hall–Kier alpha value is -3.43. The zero-order valence-corrected chi connectivity index (χ0v) is 18.2. The summed E-state index contributed by atoms with van der Waals surface area (Å²) in [5.74, 6) is 1.31. The number of nitriles is 1. The molecule has 0 radical (unpaired) electrons. The lowest BCUT2D eigenvalue weighted by Gasteiger charge is -2.32. The summed E-state index contributed by atoms with van der Waals surface area (Å²) in [7, 11) is 0.